The van der Waals surface area contributed by atoms with Gasteiger partial charge in [-0.15, -0.1) is 0 Å². The van der Waals surface area contributed by atoms with E-state index in [1.807, 2.05) is 53.1 Å². The van der Waals surface area contributed by atoms with Crippen molar-refractivity contribution in [3.8, 4) is 0 Å². The van der Waals surface area contributed by atoms with Crippen LogP contribution in [0.3, 0.4) is 0 Å². The zero-order chi connectivity index (χ0) is 22.3. The fraction of sp³-hybridized carbons (Fsp3) is 0.240. The summed E-state index contributed by atoms with van der Waals surface area (Å²) < 4.78 is 9.84. The van der Waals surface area contributed by atoms with E-state index in [0.29, 0.717) is 23.1 Å². The summed E-state index contributed by atoms with van der Waals surface area (Å²) in [5.74, 6) is -2.31. The van der Waals surface area contributed by atoms with E-state index in [-0.39, 0.29) is 12.3 Å². The summed E-state index contributed by atoms with van der Waals surface area (Å²) in [5.41, 5.74) is 2.58. The van der Waals surface area contributed by atoms with Crippen molar-refractivity contribution < 1.29 is 24.9 Å². The highest BCUT2D eigenvalue weighted by Gasteiger charge is 2.63. The standard InChI is InChI=1S/C25H19N3O5/c29-11-24(31)9-17-27-15-7-3-1-5-12(15)19-20-14(10-26-23(20)30)18-13-6-2-4-8-16(13)28(22(18)21(19)27)25(24,32)33-17/h1-8,17,29,31-32H,9-11H2,(H,26,30)/t17?,24-,25-/m0/s1. The highest BCUT2D eigenvalue weighted by atomic mass is 16.7. The second kappa shape index (κ2) is 5.37. The molecular formula is C25H19N3O5. The third-order valence-corrected chi connectivity index (χ3v) is 7.79. The van der Waals surface area contributed by atoms with Gasteiger partial charge in [0.05, 0.1) is 34.2 Å². The van der Waals surface area contributed by atoms with Gasteiger partial charge in [-0.2, -0.15) is 0 Å². The molecule has 0 aliphatic carbocycles. The van der Waals surface area contributed by atoms with Crippen LogP contribution in [0.2, 0.25) is 0 Å². The van der Waals surface area contributed by atoms with Gasteiger partial charge in [0.25, 0.3) is 11.8 Å². The van der Waals surface area contributed by atoms with Crippen molar-refractivity contribution in [2.75, 3.05) is 6.61 Å². The Morgan fingerprint density at radius 3 is 2.45 bits per heavy atom. The number of amides is 1. The number of benzene rings is 3. The van der Waals surface area contributed by atoms with Crippen LogP contribution in [0.1, 0.15) is 28.6 Å². The number of rotatable bonds is 1. The molecular weight excluding hydrogens is 422 g/mol. The van der Waals surface area contributed by atoms with Gasteiger partial charge < -0.3 is 29.9 Å². The van der Waals surface area contributed by atoms with Crippen molar-refractivity contribution >= 4 is 49.5 Å². The van der Waals surface area contributed by atoms with Crippen LogP contribution < -0.4 is 5.32 Å². The molecule has 2 aromatic heterocycles. The molecule has 0 radical (unpaired) electrons. The number of hydrogen-bond acceptors (Lipinski definition) is 5. The smallest absolute Gasteiger partial charge is 0.288 e. The van der Waals surface area contributed by atoms with Crippen molar-refractivity contribution in [1.29, 1.82) is 0 Å². The fourth-order valence-corrected chi connectivity index (χ4v) is 6.43. The average Bonchev–Trinajstić information content (AvgIpc) is 3.51. The highest BCUT2D eigenvalue weighted by Crippen LogP contribution is 2.56. The van der Waals surface area contributed by atoms with Gasteiger partial charge in [-0.25, -0.2) is 0 Å². The Kier molecular flexibility index (Phi) is 2.94. The van der Waals surface area contributed by atoms with E-state index >= 15 is 0 Å². The number of aliphatic hydroxyl groups is 3. The number of aromatic nitrogens is 2. The van der Waals surface area contributed by atoms with E-state index in [1.54, 1.807) is 4.57 Å². The Labute approximate surface area is 186 Å². The second-order valence-corrected chi connectivity index (χ2v) is 9.30. The van der Waals surface area contributed by atoms with Gasteiger partial charge in [0.15, 0.2) is 5.60 Å². The van der Waals surface area contributed by atoms with E-state index in [1.165, 1.54) is 0 Å². The van der Waals surface area contributed by atoms with Crippen molar-refractivity contribution in [2.45, 2.75) is 30.7 Å². The first-order valence-corrected chi connectivity index (χ1v) is 11.0. The Balaban J connectivity index is 1.78. The molecule has 164 valence electrons. The lowest BCUT2D eigenvalue weighted by atomic mass is 9.95. The normalized spacial score (nSPS) is 27.8. The van der Waals surface area contributed by atoms with Gasteiger partial charge in [0.1, 0.15) is 6.23 Å². The zero-order valence-corrected chi connectivity index (χ0v) is 17.4. The molecule has 4 N–H and O–H groups in total. The van der Waals surface area contributed by atoms with Gasteiger partial charge >= 0.3 is 0 Å². The molecule has 5 heterocycles. The van der Waals surface area contributed by atoms with Gasteiger partial charge in [0.2, 0.25) is 0 Å². The zero-order valence-electron chi connectivity index (χ0n) is 17.4. The van der Waals surface area contributed by atoms with Crippen LogP contribution in [-0.4, -0.2) is 42.6 Å². The summed E-state index contributed by atoms with van der Waals surface area (Å²) in [7, 11) is 0. The van der Waals surface area contributed by atoms with Crippen LogP contribution in [0.5, 0.6) is 0 Å². The maximum atomic E-state index is 13.1. The summed E-state index contributed by atoms with van der Waals surface area (Å²) in [5, 5.41) is 40.1. The number of ether oxygens (including phenoxy) is 1. The number of hydrogen-bond donors (Lipinski definition) is 4. The molecule has 3 aliphatic rings. The van der Waals surface area contributed by atoms with Crippen LogP contribution in [0, 0.1) is 0 Å². The van der Waals surface area contributed by atoms with E-state index in [0.717, 1.165) is 38.1 Å². The average molecular weight is 441 g/mol. The molecule has 3 aromatic carbocycles. The van der Waals surface area contributed by atoms with E-state index in [4.69, 9.17) is 4.74 Å². The first-order chi connectivity index (χ1) is 16.0. The first-order valence-electron chi connectivity index (χ1n) is 11.0. The summed E-state index contributed by atoms with van der Waals surface area (Å²) in [6, 6.07) is 15.4. The molecule has 1 saturated heterocycles. The first kappa shape index (κ1) is 18.0. The molecule has 1 unspecified atom stereocenters. The molecule has 0 saturated carbocycles. The van der Waals surface area contributed by atoms with Gasteiger partial charge in [-0.1, -0.05) is 36.4 Å². The lowest BCUT2D eigenvalue weighted by Gasteiger charge is -2.36. The fourth-order valence-electron chi connectivity index (χ4n) is 6.43. The van der Waals surface area contributed by atoms with Crippen molar-refractivity contribution in [1.82, 2.24) is 14.5 Å². The summed E-state index contributed by atoms with van der Waals surface area (Å²) >= 11 is 0. The number of carbonyl (C=O) groups excluding carboxylic acids is 1. The largest absolute Gasteiger partial charge is 0.393 e. The number of para-hydroxylation sites is 2. The van der Waals surface area contributed by atoms with E-state index < -0.39 is 24.3 Å². The quantitative estimate of drug-likeness (QED) is 0.320. The van der Waals surface area contributed by atoms with Crippen LogP contribution in [-0.2, 0) is 17.2 Å². The molecule has 8 nitrogen and oxygen atoms in total. The van der Waals surface area contributed by atoms with E-state index in [9.17, 15) is 20.1 Å². The number of nitrogens with zero attached hydrogens (tertiary/aromatic N) is 2. The molecule has 3 atom stereocenters. The lowest BCUT2D eigenvalue weighted by Crippen LogP contribution is -2.55. The summed E-state index contributed by atoms with van der Waals surface area (Å²) in [4.78, 5) is 13.1. The minimum atomic E-state index is -2.19. The SMILES string of the molecule is O=C1NCc2c1c1c3ccccc3n3c1c1c2c2ccccc2n1[C@@]1(O)OC3C[C@]1(O)CO. The molecule has 0 spiro atoms. The number of nitrogens with one attached hydrogen (secondary N) is 1. The van der Waals surface area contributed by atoms with Gasteiger partial charge in [0, 0.05) is 34.5 Å². The lowest BCUT2D eigenvalue weighted by molar-refractivity contribution is -0.326. The Morgan fingerprint density at radius 1 is 1.00 bits per heavy atom. The Bertz CT molecular complexity index is 1730. The third-order valence-electron chi connectivity index (χ3n) is 7.79. The Hall–Kier alpha value is -3.43. The second-order valence-electron chi connectivity index (χ2n) is 9.30. The molecule has 8 rings (SSSR count). The number of aliphatic hydroxyl groups excluding tert-OH is 1. The van der Waals surface area contributed by atoms with Crippen LogP contribution >= 0.6 is 0 Å². The molecule has 8 heteroatoms. The van der Waals surface area contributed by atoms with Gasteiger partial charge in [-0.3, -0.25) is 9.36 Å². The molecule has 2 bridgehead atoms. The van der Waals surface area contributed by atoms with E-state index in [2.05, 4.69) is 5.32 Å². The topological polar surface area (TPSA) is 109 Å². The van der Waals surface area contributed by atoms with Gasteiger partial charge in [-0.05, 0) is 17.7 Å². The van der Waals surface area contributed by atoms with Crippen LogP contribution in [0.15, 0.2) is 48.5 Å². The maximum absolute atomic E-state index is 13.1. The van der Waals surface area contributed by atoms with Crippen molar-refractivity contribution in [2.24, 2.45) is 0 Å². The van der Waals surface area contributed by atoms with Crippen molar-refractivity contribution in [3.05, 3.63) is 59.7 Å². The monoisotopic (exact) mass is 441 g/mol. The molecule has 1 amide bonds. The minimum Gasteiger partial charge on any atom is -0.393 e. The summed E-state index contributed by atoms with van der Waals surface area (Å²) in [6.07, 6.45) is -0.747. The highest BCUT2D eigenvalue weighted by molar-refractivity contribution is 6.31. The Morgan fingerprint density at radius 2 is 1.70 bits per heavy atom. The number of fused-ring (bicyclic) bond motifs is 13. The minimum absolute atomic E-state index is 0.00943. The summed E-state index contributed by atoms with van der Waals surface area (Å²) in [6.45, 7) is -0.294. The predicted octanol–water partition coefficient (Wildman–Crippen LogP) is 2.40. The van der Waals surface area contributed by atoms with Crippen LogP contribution in [0.25, 0.3) is 43.6 Å². The van der Waals surface area contributed by atoms with Crippen LogP contribution in [0.4, 0.5) is 0 Å². The maximum Gasteiger partial charge on any atom is 0.288 e. The molecule has 3 aliphatic heterocycles. The number of carbonyl (C=O) groups is 1. The molecule has 33 heavy (non-hydrogen) atoms. The molecule has 5 aromatic rings. The predicted molar refractivity (Wildman–Crippen MR) is 121 cm³/mol. The van der Waals surface area contributed by atoms with Crippen molar-refractivity contribution in [3.63, 3.8) is 0 Å². The third kappa shape index (κ3) is 1.74. The molecule has 1 fully saturated rings.